The maximum absolute atomic E-state index is 12.5. The normalized spacial score (nSPS) is 24.2. The number of carboxylic acids is 1. The molecule has 2 rings (SSSR count). The van der Waals surface area contributed by atoms with Crippen molar-refractivity contribution < 1.29 is 19.5 Å². The summed E-state index contributed by atoms with van der Waals surface area (Å²) in [6, 6.07) is 0.188. The predicted molar refractivity (Wildman–Crippen MR) is 99.6 cm³/mol. The second-order valence-corrected chi connectivity index (χ2v) is 8.74. The minimum absolute atomic E-state index is 0.0103. The van der Waals surface area contributed by atoms with Gasteiger partial charge in [-0.25, -0.2) is 0 Å². The molecule has 0 atom stereocenters. The van der Waals surface area contributed by atoms with Crippen LogP contribution in [-0.2, 0) is 14.4 Å². The van der Waals surface area contributed by atoms with Crippen LogP contribution in [0, 0.1) is 11.8 Å². The van der Waals surface area contributed by atoms with E-state index in [9.17, 15) is 14.4 Å². The topological polar surface area (TPSA) is 95.5 Å². The lowest BCUT2D eigenvalue weighted by atomic mass is 9.84. The number of carboxylic acid groups (broad SMARTS) is 1. The molecule has 2 amide bonds. The van der Waals surface area contributed by atoms with Gasteiger partial charge in [-0.3, -0.25) is 14.4 Å². The minimum atomic E-state index is -0.846. The molecule has 0 aromatic carbocycles. The Morgan fingerprint density at radius 2 is 1.62 bits per heavy atom. The SMILES string of the molecule is CC(C)(CCC(=O)O)NC(=O)C1CCC(NC(=O)CC2CCCC2)CC1. The average Bonchev–Trinajstić information content (AvgIpc) is 3.06. The average molecular weight is 367 g/mol. The smallest absolute Gasteiger partial charge is 0.303 e. The minimum Gasteiger partial charge on any atom is -0.481 e. The van der Waals surface area contributed by atoms with Gasteiger partial charge in [0, 0.05) is 30.3 Å². The van der Waals surface area contributed by atoms with Crippen LogP contribution in [0.1, 0.15) is 84.5 Å². The zero-order valence-electron chi connectivity index (χ0n) is 16.2. The van der Waals surface area contributed by atoms with Crippen molar-refractivity contribution in [3.8, 4) is 0 Å². The van der Waals surface area contributed by atoms with Gasteiger partial charge in [-0.2, -0.15) is 0 Å². The van der Waals surface area contributed by atoms with E-state index in [1.165, 1.54) is 25.7 Å². The first-order valence-corrected chi connectivity index (χ1v) is 10.1. The van der Waals surface area contributed by atoms with Crippen molar-refractivity contribution in [1.82, 2.24) is 10.6 Å². The van der Waals surface area contributed by atoms with E-state index in [1.807, 2.05) is 13.8 Å². The van der Waals surface area contributed by atoms with E-state index in [2.05, 4.69) is 10.6 Å². The van der Waals surface area contributed by atoms with Gasteiger partial charge in [0.25, 0.3) is 0 Å². The van der Waals surface area contributed by atoms with E-state index in [4.69, 9.17) is 5.11 Å². The van der Waals surface area contributed by atoms with Gasteiger partial charge < -0.3 is 15.7 Å². The number of nitrogens with one attached hydrogen (secondary N) is 2. The zero-order chi connectivity index (χ0) is 19.2. The molecule has 0 bridgehead atoms. The lowest BCUT2D eigenvalue weighted by molar-refractivity contribution is -0.138. The number of rotatable bonds is 8. The van der Waals surface area contributed by atoms with Crippen molar-refractivity contribution in [3.05, 3.63) is 0 Å². The largest absolute Gasteiger partial charge is 0.481 e. The van der Waals surface area contributed by atoms with E-state index in [1.54, 1.807) is 0 Å². The second-order valence-electron chi connectivity index (χ2n) is 8.74. The predicted octanol–water partition coefficient (Wildman–Crippen LogP) is 3.00. The Labute approximate surface area is 156 Å². The van der Waals surface area contributed by atoms with Crippen LogP contribution in [-0.4, -0.2) is 34.5 Å². The van der Waals surface area contributed by atoms with Crippen LogP contribution in [0.3, 0.4) is 0 Å². The van der Waals surface area contributed by atoms with E-state index in [0.717, 1.165) is 25.7 Å². The Kier molecular flexibility index (Phi) is 7.47. The first kappa shape index (κ1) is 20.7. The number of carbonyl (C=O) groups is 3. The Morgan fingerprint density at radius 1 is 1.00 bits per heavy atom. The molecule has 0 saturated heterocycles. The molecule has 26 heavy (non-hydrogen) atoms. The molecule has 3 N–H and O–H groups in total. The van der Waals surface area contributed by atoms with Gasteiger partial charge in [-0.15, -0.1) is 0 Å². The van der Waals surface area contributed by atoms with Gasteiger partial charge in [0.2, 0.25) is 11.8 Å². The molecule has 0 aliphatic heterocycles. The number of carbonyl (C=O) groups excluding carboxylic acids is 2. The molecule has 0 aromatic heterocycles. The second kappa shape index (κ2) is 9.38. The number of hydrogen-bond acceptors (Lipinski definition) is 3. The highest BCUT2D eigenvalue weighted by Crippen LogP contribution is 2.29. The summed E-state index contributed by atoms with van der Waals surface area (Å²) >= 11 is 0. The highest BCUT2D eigenvalue weighted by atomic mass is 16.4. The molecule has 0 heterocycles. The van der Waals surface area contributed by atoms with Crippen LogP contribution in [0.4, 0.5) is 0 Å². The van der Waals surface area contributed by atoms with Crippen LogP contribution in [0.25, 0.3) is 0 Å². The summed E-state index contributed by atoms with van der Waals surface area (Å²) < 4.78 is 0. The van der Waals surface area contributed by atoms with Crippen LogP contribution in [0.2, 0.25) is 0 Å². The molecule has 0 unspecified atom stereocenters. The monoisotopic (exact) mass is 366 g/mol. The third-order valence-corrected chi connectivity index (χ3v) is 5.84. The summed E-state index contributed by atoms with van der Waals surface area (Å²) in [4.78, 5) is 35.3. The first-order valence-electron chi connectivity index (χ1n) is 10.1. The summed E-state index contributed by atoms with van der Waals surface area (Å²) in [5, 5.41) is 14.9. The number of amides is 2. The summed E-state index contributed by atoms with van der Waals surface area (Å²) in [5.74, 6) is -0.149. The number of hydrogen-bond donors (Lipinski definition) is 3. The van der Waals surface area contributed by atoms with Crippen molar-refractivity contribution in [2.24, 2.45) is 11.8 Å². The molecule has 0 aromatic rings. The van der Waals surface area contributed by atoms with Crippen molar-refractivity contribution in [3.63, 3.8) is 0 Å². The molecule has 148 valence electrons. The molecule has 0 spiro atoms. The van der Waals surface area contributed by atoms with Gasteiger partial charge in [-0.1, -0.05) is 12.8 Å². The Morgan fingerprint density at radius 3 is 2.19 bits per heavy atom. The van der Waals surface area contributed by atoms with Gasteiger partial charge in [0.05, 0.1) is 0 Å². The molecule has 2 fully saturated rings. The van der Waals surface area contributed by atoms with Crippen molar-refractivity contribution in [2.45, 2.75) is 96.1 Å². The summed E-state index contributed by atoms with van der Waals surface area (Å²) in [6.45, 7) is 3.73. The highest BCUT2D eigenvalue weighted by Gasteiger charge is 2.30. The zero-order valence-corrected chi connectivity index (χ0v) is 16.2. The molecule has 0 radical (unpaired) electrons. The van der Waals surface area contributed by atoms with Crippen molar-refractivity contribution >= 4 is 17.8 Å². The fraction of sp³-hybridized carbons (Fsp3) is 0.850. The van der Waals surface area contributed by atoms with Crippen LogP contribution >= 0.6 is 0 Å². The number of aliphatic carboxylic acids is 1. The molecule has 6 nitrogen and oxygen atoms in total. The molecule has 2 aliphatic rings. The summed E-state index contributed by atoms with van der Waals surface area (Å²) in [5.41, 5.74) is -0.512. The summed E-state index contributed by atoms with van der Waals surface area (Å²) in [7, 11) is 0. The molecular formula is C20H34N2O4. The van der Waals surface area contributed by atoms with Crippen LogP contribution < -0.4 is 10.6 Å². The third-order valence-electron chi connectivity index (χ3n) is 5.84. The third kappa shape index (κ3) is 6.96. The Balaban J connectivity index is 1.69. The van der Waals surface area contributed by atoms with Crippen LogP contribution in [0.15, 0.2) is 0 Å². The van der Waals surface area contributed by atoms with E-state index < -0.39 is 11.5 Å². The first-order chi connectivity index (χ1) is 12.2. The van der Waals surface area contributed by atoms with Crippen molar-refractivity contribution in [1.29, 1.82) is 0 Å². The van der Waals surface area contributed by atoms with Crippen LogP contribution in [0.5, 0.6) is 0 Å². The lowest BCUT2D eigenvalue weighted by Crippen LogP contribution is -2.48. The molecule has 2 saturated carbocycles. The van der Waals surface area contributed by atoms with Crippen molar-refractivity contribution in [2.75, 3.05) is 0 Å². The van der Waals surface area contributed by atoms with Gasteiger partial charge in [0.1, 0.15) is 0 Å². The Bertz CT molecular complexity index is 504. The van der Waals surface area contributed by atoms with E-state index in [0.29, 0.717) is 18.8 Å². The fourth-order valence-corrected chi connectivity index (χ4v) is 4.18. The molecular weight excluding hydrogens is 332 g/mol. The Hall–Kier alpha value is -1.59. The van der Waals surface area contributed by atoms with Gasteiger partial charge >= 0.3 is 5.97 Å². The van der Waals surface area contributed by atoms with E-state index in [-0.39, 0.29) is 30.2 Å². The lowest BCUT2D eigenvalue weighted by Gasteiger charge is -2.32. The van der Waals surface area contributed by atoms with Gasteiger partial charge in [-0.05, 0) is 64.7 Å². The highest BCUT2D eigenvalue weighted by molar-refractivity contribution is 5.80. The molecule has 6 heteroatoms. The maximum Gasteiger partial charge on any atom is 0.303 e. The summed E-state index contributed by atoms with van der Waals surface area (Å²) in [6.07, 6.45) is 9.20. The van der Waals surface area contributed by atoms with E-state index >= 15 is 0 Å². The fourth-order valence-electron chi connectivity index (χ4n) is 4.18. The quantitative estimate of drug-likeness (QED) is 0.615. The molecule has 2 aliphatic carbocycles. The standard InChI is InChI=1S/C20H34N2O4/c1-20(2,12-11-18(24)25)22-19(26)15-7-9-16(10-8-15)21-17(23)13-14-5-3-4-6-14/h14-16H,3-13H2,1-2H3,(H,21,23)(H,22,26)(H,24,25). The van der Waals surface area contributed by atoms with Gasteiger partial charge in [0.15, 0.2) is 0 Å². The maximum atomic E-state index is 12.5.